The van der Waals surface area contributed by atoms with Crippen LogP contribution < -0.4 is 15.7 Å². The highest BCUT2D eigenvalue weighted by Gasteiger charge is 1.98. The van der Waals surface area contributed by atoms with Gasteiger partial charge >= 0.3 is 0 Å². The van der Waals surface area contributed by atoms with Crippen LogP contribution in [0.5, 0.6) is 5.75 Å². The molecule has 0 amide bonds. The van der Waals surface area contributed by atoms with Crippen LogP contribution in [0.25, 0.3) is 0 Å². The molecule has 3 aromatic rings. The van der Waals surface area contributed by atoms with Crippen molar-refractivity contribution < 1.29 is 4.74 Å². The van der Waals surface area contributed by atoms with Gasteiger partial charge in [-0.3, -0.25) is 9.78 Å². The third kappa shape index (κ3) is 5.04. The van der Waals surface area contributed by atoms with Crippen LogP contribution in [0.2, 0.25) is 0 Å². The lowest BCUT2D eigenvalue weighted by Crippen LogP contribution is -2.10. The smallest absolute Gasteiger partial charge is 0.252 e. The number of H-pyrrole nitrogens is 1. The molecule has 0 radical (unpaired) electrons. The third-order valence-corrected chi connectivity index (χ3v) is 3.62. The van der Waals surface area contributed by atoms with E-state index in [0.29, 0.717) is 18.2 Å². The minimum absolute atomic E-state index is 0.217. The largest absolute Gasteiger partial charge is 0.489 e. The van der Waals surface area contributed by atoms with Crippen molar-refractivity contribution in [1.82, 2.24) is 9.97 Å². The van der Waals surface area contributed by atoms with Gasteiger partial charge in [0.1, 0.15) is 12.4 Å². The van der Waals surface area contributed by atoms with E-state index in [1.165, 1.54) is 11.6 Å². The second-order valence-electron chi connectivity index (χ2n) is 5.95. The first kappa shape index (κ1) is 17.4. The van der Waals surface area contributed by atoms with Crippen molar-refractivity contribution in [2.75, 3.05) is 5.43 Å². The lowest BCUT2D eigenvalue weighted by molar-refractivity contribution is 0.306. The van der Waals surface area contributed by atoms with Gasteiger partial charge in [0.25, 0.3) is 5.56 Å². The Bertz CT molecular complexity index is 962. The Morgan fingerprint density at radius 1 is 1.15 bits per heavy atom. The van der Waals surface area contributed by atoms with Crippen LogP contribution in [0.15, 0.2) is 64.5 Å². The van der Waals surface area contributed by atoms with Crippen molar-refractivity contribution in [3.05, 3.63) is 87.3 Å². The van der Waals surface area contributed by atoms with Crippen LogP contribution in [-0.2, 0) is 6.61 Å². The molecule has 2 aromatic carbocycles. The number of rotatable bonds is 6. The predicted molar refractivity (Wildman–Crippen MR) is 103 cm³/mol. The van der Waals surface area contributed by atoms with Crippen molar-refractivity contribution in [3.8, 4) is 5.75 Å². The first-order chi connectivity index (χ1) is 12.6. The Morgan fingerprint density at radius 3 is 2.69 bits per heavy atom. The molecule has 6 heteroatoms. The van der Waals surface area contributed by atoms with E-state index in [1.54, 1.807) is 13.1 Å². The summed E-state index contributed by atoms with van der Waals surface area (Å²) in [5.41, 5.74) is 6.38. The third-order valence-electron chi connectivity index (χ3n) is 3.62. The molecule has 2 N–H and O–H groups in total. The maximum Gasteiger partial charge on any atom is 0.252 e. The minimum Gasteiger partial charge on any atom is -0.489 e. The Kier molecular flexibility index (Phi) is 5.43. The van der Waals surface area contributed by atoms with Crippen LogP contribution in [0.1, 0.15) is 22.4 Å². The summed E-state index contributed by atoms with van der Waals surface area (Å²) >= 11 is 0. The van der Waals surface area contributed by atoms with E-state index < -0.39 is 0 Å². The molecule has 0 fully saturated rings. The van der Waals surface area contributed by atoms with Gasteiger partial charge in [0, 0.05) is 11.8 Å². The topological polar surface area (TPSA) is 79.4 Å². The monoisotopic (exact) mass is 348 g/mol. The summed E-state index contributed by atoms with van der Waals surface area (Å²) in [5, 5.41) is 4.08. The highest BCUT2D eigenvalue weighted by molar-refractivity contribution is 5.80. The average Bonchev–Trinajstić information content (AvgIpc) is 2.60. The summed E-state index contributed by atoms with van der Waals surface area (Å²) in [6, 6.07) is 17.3. The number of hydrogen-bond acceptors (Lipinski definition) is 5. The van der Waals surface area contributed by atoms with Crippen molar-refractivity contribution in [1.29, 1.82) is 0 Å². The van der Waals surface area contributed by atoms with Gasteiger partial charge in [0.15, 0.2) is 0 Å². The van der Waals surface area contributed by atoms with E-state index in [1.807, 2.05) is 36.4 Å². The van der Waals surface area contributed by atoms with E-state index in [4.69, 9.17) is 4.74 Å². The van der Waals surface area contributed by atoms with E-state index >= 15 is 0 Å². The number of hydrogen-bond donors (Lipinski definition) is 2. The molecule has 26 heavy (non-hydrogen) atoms. The molecule has 0 aliphatic carbocycles. The lowest BCUT2D eigenvalue weighted by Gasteiger charge is -2.07. The van der Waals surface area contributed by atoms with Gasteiger partial charge in [-0.2, -0.15) is 5.10 Å². The van der Waals surface area contributed by atoms with E-state index in [-0.39, 0.29) is 5.56 Å². The second-order valence-corrected chi connectivity index (χ2v) is 5.95. The van der Waals surface area contributed by atoms with E-state index in [9.17, 15) is 4.79 Å². The molecule has 0 saturated carbocycles. The number of anilines is 1. The minimum atomic E-state index is -0.217. The summed E-state index contributed by atoms with van der Waals surface area (Å²) in [7, 11) is 0. The highest BCUT2D eigenvalue weighted by Crippen LogP contribution is 2.14. The number of aryl methyl sites for hydroxylation is 2. The average molecular weight is 348 g/mol. The van der Waals surface area contributed by atoms with Crippen molar-refractivity contribution in [3.63, 3.8) is 0 Å². The van der Waals surface area contributed by atoms with Gasteiger partial charge in [0.2, 0.25) is 5.95 Å². The fourth-order valence-electron chi connectivity index (χ4n) is 2.42. The summed E-state index contributed by atoms with van der Waals surface area (Å²) in [4.78, 5) is 18.1. The normalized spacial score (nSPS) is 10.8. The molecule has 0 aliphatic heterocycles. The Hall–Kier alpha value is -3.41. The van der Waals surface area contributed by atoms with Crippen LogP contribution in [0.4, 0.5) is 5.95 Å². The zero-order chi connectivity index (χ0) is 18.4. The second kappa shape index (κ2) is 8.11. The molecule has 1 heterocycles. The predicted octanol–water partition coefficient (Wildman–Crippen LogP) is 3.41. The number of nitrogens with zero attached hydrogens (tertiary/aromatic N) is 2. The highest BCUT2D eigenvalue weighted by atomic mass is 16.5. The zero-order valence-electron chi connectivity index (χ0n) is 14.7. The standard InChI is InChI=1S/C20H20N4O2/c1-14-4-3-5-17(10-14)13-26-18-8-6-16(7-9-18)12-21-24-20-22-15(2)11-19(25)23-20/h3-12H,13H2,1-2H3,(H2,22,23,24,25)/b21-12+. The van der Waals surface area contributed by atoms with Crippen molar-refractivity contribution in [2.45, 2.75) is 20.5 Å². The number of nitrogens with one attached hydrogen (secondary N) is 2. The molecule has 0 saturated heterocycles. The Morgan fingerprint density at radius 2 is 1.96 bits per heavy atom. The Balaban J connectivity index is 1.56. The van der Waals surface area contributed by atoms with Crippen molar-refractivity contribution in [2.24, 2.45) is 5.10 Å². The maximum atomic E-state index is 11.4. The van der Waals surface area contributed by atoms with Crippen LogP contribution in [-0.4, -0.2) is 16.2 Å². The SMILES string of the molecule is Cc1cccc(COc2ccc(/C=N/Nc3nc(C)cc(=O)[nH]3)cc2)c1. The molecule has 0 spiro atoms. The molecular formula is C20H20N4O2. The quantitative estimate of drug-likeness (QED) is 0.528. The first-order valence-corrected chi connectivity index (χ1v) is 8.24. The van der Waals surface area contributed by atoms with Gasteiger partial charge in [-0.25, -0.2) is 10.4 Å². The molecular weight excluding hydrogens is 328 g/mol. The Labute approximate surface area is 151 Å². The first-order valence-electron chi connectivity index (χ1n) is 8.24. The lowest BCUT2D eigenvalue weighted by atomic mass is 10.1. The number of aromatic amines is 1. The summed E-state index contributed by atoms with van der Waals surface area (Å²) in [6.45, 7) is 4.34. The molecule has 1 aromatic heterocycles. The molecule has 0 unspecified atom stereocenters. The molecule has 3 rings (SSSR count). The van der Waals surface area contributed by atoms with Gasteiger partial charge in [-0.15, -0.1) is 0 Å². The van der Waals surface area contributed by atoms with E-state index in [0.717, 1.165) is 16.9 Å². The molecule has 0 atom stereocenters. The van der Waals surface area contributed by atoms with Crippen LogP contribution >= 0.6 is 0 Å². The number of ether oxygens (including phenoxy) is 1. The zero-order valence-corrected chi connectivity index (χ0v) is 14.7. The van der Waals surface area contributed by atoms with Crippen LogP contribution in [0, 0.1) is 13.8 Å². The molecule has 132 valence electrons. The summed E-state index contributed by atoms with van der Waals surface area (Å²) < 4.78 is 5.79. The number of hydrazone groups is 1. The molecule has 0 aliphatic rings. The number of benzene rings is 2. The fourth-order valence-corrected chi connectivity index (χ4v) is 2.42. The maximum absolute atomic E-state index is 11.4. The fraction of sp³-hybridized carbons (Fsp3) is 0.150. The van der Waals surface area contributed by atoms with Gasteiger partial charge < -0.3 is 4.74 Å². The summed E-state index contributed by atoms with van der Waals surface area (Å²) in [6.07, 6.45) is 1.65. The van der Waals surface area contributed by atoms with Gasteiger partial charge in [-0.05, 0) is 49.2 Å². The number of aromatic nitrogens is 2. The van der Waals surface area contributed by atoms with E-state index in [2.05, 4.69) is 39.6 Å². The van der Waals surface area contributed by atoms with Crippen molar-refractivity contribution >= 4 is 12.2 Å². The van der Waals surface area contributed by atoms with Gasteiger partial charge in [-0.1, -0.05) is 29.8 Å². The van der Waals surface area contributed by atoms with Gasteiger partial charge in [0.05, 0.1) is 6.21 Å². The summed E-state index contributed by atoms with van der Waals surface area (Å²) in [5.74, 6) is 1.10. The van der Waals surface area contributed by atoms with Crippen LogP contribution in [0.3, 0.4) is 0 Å². The molecule has 0 bridgehead atoms. The molecule has 6 nitrogen and oxygen atoms in total.